The maximum absolute atomic E-state index is 10.9. The molecule has 54 valence electrons. The number of carbonyl (C=O) groups excluding carboxylic acids is 1. The van der Waals surface area contributed by atoms with Crippen molar-refractivity contribution in [1.82, 2.24) is 4.90 Å². The van der Waals surface area contributed by atoms with E-state index in [0.29, 0.717) is 13.0 Å². The second-order valence-corrected chi connectivity index (χ2v) is 2.24. The van der Waals surface area contributed by atoms with Gasteiger partial charge in [0, 0.05) is 13.0 Å². The zero-order valence-electron chi connectivity index (χ0n) is 5.76. The molecule has 0 spiro atoms. The molecule has 1 aliphatic rings. The number of likely N-dealkylation sites (tertiary alicyclic amines) is 1. The first-order valence-corrected chi connectivity index (χ1v) is 3.27. The van der Waals surface area contributed by atoms with Gasteiger partial charge in [-0.25, -0.2) is 0 Å². The number of rotatable bonds is 1. The molecule has 0 atom stereocenters. The van der Waals surface area contributed by atoms with Crippen LogP contribution in [0.3, 0.4) is 0 Å². The maximum Gasteiger partial charge on any atom is 0.228 e. The monoisotopic (exact) mass is 138 g/mol. The Hall–Kier alpha value is -1.12. The lowest BCUT2D eigenvalue weighted by molar-refractivity contribution is -0.124. The molecule has 10 heavy (non-hydrogen) atoms. The highest BCUT2D eigenvalue weighted by Crippen LogP contribution is 2.09. The fourth-order valence-electron chi connectivity index (χ4n) is 1.01. The molecule has 1 N–H and O–H groups in total. The Morgan fingerprint density at radius 2 is 2.50 bits per heavy atom. The third-order valence-corrected chi connectivity index (χ3v) is 1.56. The van der Waals surface area contributed by atoms with Gasteiger partial charge < -0.3 is 0 Å². The van der Waals surface area contributed by atoms with Crippen molar-refractivity contribution in [3.05, 3.63) is 12.7 Å². The average Bonchev–Trinajstić information content (AvgIpc) is 2.34. The number of amidine groups is 1. The zero-order valence-corrected chi connectivity index (χ0v) is 5.76. The van der Waals surface area contributed by atoms with Crippen molar-refractivity contribution < 1.29 is 4.79 Å². The molecule has 0 bridgehead atoms. The van der Waals surface area contributed by atoms with Crippen molar-refractivity contribution in [1.29, 1.82) is 5.41 Å². The average molecular weight is 138 g/mol. The van der Waals surface area contributed by atoms with Crippen LogP contribution in [0.2, 0.25) is 0 Å². The third kappa shape index (κ3) is 1.07. The molecule has 1 aliphatic heterocycles. The summed E-state index contributed by atoms with van der Waals surface area (Å²) in [6.45, 7) is 4.11. The number of carbonyl (C=O) groups is 1. The highest BCUT2D eigenvalue weighted by Gasteiger charge is 2.21. The van der Waals surface area contributed by atoms with Gasteiger partial charge in [0.05, 0.1) is 0 Å². The van der Waals surface area contributed by atoms with Crippen molar-refractivity contribution in [2.24, 2.45) is 0 Å². The molecule has 0 radical (unpaired) electrons. The number of hydrogen-bond acceptors (Lipinski definition) is 2. The predicted octanol–water partition coefficient (Wildman–Crippen LogP) is 0.772. The molecule has 3 nitrogen and oxygen atoms in total. The fourth-order valence-corrected chi connectivity index (χ4v) is 1.01. The van der Waals surface area contributed by atoms with Crippen LogP contribution in [-0.2, 0) is 4.79 Å². The van der Waals surface area contributed by atoms with Crippen LogP contribution in [0.15, 0.2) is 12.7 Å². The van der Waals surface area contributed by atoms with Crippen LogP contribution < -0.4 is 0 Å². The number of nitrogens with one attached hydrogen (secondary N) is 1. The van der Waals surface area contributed by atoms with Gasteiger partial charge in [0.25, 0.3) is 0 Å². The largest absolute Gasteiger partial charge is 0.297 e. The molecule has 1 heterocycles. The Morgan fingerprint density at radius 1 is 1.80 bits per heavy atom. The van der Waals surface area contributed by atoms with Gasteiger partial charge in [-0.2, -0.15) is 0 Å². The summed E-state index contributed by atoms with van der Waals surface area (Å²) in [6, 6.07) is 0. The van der Waals surface area contributed by atoms with Crippen LogP contribution in [0.1, 0.15) is 12.8 Å². The molecule has 0 aromatic heterocycles. The van der Waals surface area contributed by atoms with E-state index in [1.54, 1.807) is 0 Å². The number of amides is 1. The summed E-state index contributed by atoms with van der Waals surface area (Å²) in [5.41, 5.74) is 0. The van der Waals surface area contributed by atoms with Crippen molar-refractivity contribution in [2.45, 2.75) is 12.8 Å². The van der Waals surface area contributed by atoms with Crippen LogP contribution in [0.4, 0.5) is 0 Å². The minimum Gasteiger partial charge on any atom is -0.297 e. The van der Waals surface area contributed by atoms with Crippen LogP contribution in [0, 0.1) is 5.41 Å². The standard InChI is InChI=1S/C7H10N2O/c1-2-6(8)9-5-3-4-7(9)10/h2,8H,1,3-5H2. The van der Waals surface area contributed by atoms with E-state index in [1.165, 1.54) is 11.0 Å². The van der Waals surface area contributed by atoms with E-state index < -0.39 is 0 Å². The summed E-state index contributed by atoms with van der Waals surface area (Å²) in [5.74, 6) is 0.271. The first-order valence-electron chi connectivity index (χ1n) is 3.27. The van der Waals surface area contributed by atoms with Gasteiger partial charge in [0.1, 0.15) is 5.84 Å². The highest BCUT2D eigenvalue weighted by molar-refractivity contribution is 6.03. The molecule has 0 aliphatic carbocycles. The van der Waals surface area contributed by atoms with Crippen LogP contribution >= 0.6 is 0 Å². The summed E-state index contributed by atoms with van der Waals surface area (Å²) < 4.78 is 0. The second kappa shape index (κ2) is 2.64. The maximum atomic E-state index is 10.9. The van der Waals surface area contributed by atoms with Gasteiger partial charge >= 0.3 is 0 Å². The first-order chi connectivity index (χ1) is 4.75. The lowest BCUT2D eigenvalue weighted by Gasteiger charge is -2.12. The van der Waals surface area contributed by atoms with Crippen molar-refractivity contribution in [3.8, 4) is 0 Å². The predicted molar refractivity (Wildman–Crippen MR) is 38.9 cm³/mol. The molecular weight excluding hydrogens is 128 g/mol. The summed E-state index contributed by atoms with van der Waals surface area (Å²) in [5, 5.41) is 7.25. The number of nitrogens with zero attached hydrogens (tertiary/aromatic N) is 1. The summed E-state index contributed by atoms with van der Waals surface area (Å²) in [7, 11) is 0. The minimum absolute atomic E-state index is 0.0462. The van der Waals surface area contributed by atoms with Crippen molar-refractivity contribution in [3.63, 3.8) is 0 Å². The summed E-state index contributed by atoms with van der Waals surface area (Å²) in [4.78, 5) is 12.4. The summed E-state index contributed by atoms with van der Waals surface area (Å²) >= 11 is 0. The molecule has 1 fully saturated rings. The van der Waals surface area contributed by atoms with Gasteiger partial charge in [-0.15, -0.1) is 0 Å². The van der Waals surface area contributed by atoms with Crippen LogP contribution in [0.5, 0.6) is 0 Å². The SMILES string of the molecule is C=CC(=N)N1CCCC1=O. The molecule has 0 aromatic carbocycles. The molecular formula is C7H10N2O. The van der Waals surface area contributed by atoms with E-state index >= 15 is 0 Å². The van der Waals surface area contributed by atoms with E-state index in [4.69, 9.17) is 5.41 Å². The second-order valence-electron chi connectivity index (χ2n) is 2.24. The van der Waals surface area contributed by atoms with Gasteiger partial charge in [-0.3, -0.25) is 15.1 Å². The minimum atomic E-state index is 0.0462. The lowest BCUT2D eigenvalue weighted by Crippen LogP contribution is -2.29. The zero-order chi connectivity index (χ0) is 7.56. The fraction of sp³-hybridized carbons (Fsp3) is 0.429. The van der Waals surface area contributed by atoms with E-state index in [-0.39, 0.29) is 11.7 Å². The molecule has 1 rings (SSSR count). The van der Waals surface area contributed by atoms with Crippen molar-refractivity contribution in [2.75, 3.05) is 6.54 Å². The van der Waals surface area contributed by atoms with Gasteiger partial charge in [0.15, 0.2) is 0 Å². The molecule has 1 saturated heterocycles. The van der Waals surface area contributed by atoms with E-state index in [0.717, 1.165) is 6.42 Å². The topological polar surface area (TPSA) is 44.2 Å². The van der Waals surface area contributed by atoms with Crippen LogP contribution in [-0.4, -0.2) is 23.2 Å². The Morgan fingerprint density at radius 3 is 2.90 bits per heavy atom. The molecule has 0 saturated carbocycles. The highest BCUT2D eigenvalue weighted by atomic mass is 16.2. The Kier molecular flexibility index (Phi) is 1.85. The van der Waals surface area contributed by atoms with Gasteiger partial charge in [0.2, 0.25) is 5.91 Å². The molecule has 1 amide bonds. The molecule has 0 aromatic rings. The van der Waals surface area contributed by atoms with Gasteiger partial charge in [-0.1, -0.05) is 6.58 Å². The number of hydrogen-bond donors (Lipinski definition) is 1. The van der Waals surface area contributed by atoms with Gasteiger partial charge in [-0.05, 0) is 12.5 Å². The Balaban J connectivity index is 2.63. The van der Waals surface area contributed by atoms with Crippen LogP contribution in [0.25, 0.3) is 0 Å². The van der Waals surface area contributed by atoms with E-state index in [1.807, 2.05) is 0 Å². The van der Waals surface area contributed by atoms with Crippen molar-refractivity contribution >= 4 is 11.7 Å². The quantitative estimate of drug-likeness (QED) is 0.422. The third-order valence-electron chi connectivity index (χ3n) is 1.56. The van der Waals surface area contributed by atoms with E-state index in [2.05, 4.69) is 6.58 Å². The summed E-state index contributed by atoms with van der Waals surface area (Å²) in [6.07, 6.45) is 2.84. The normalized spacial score (nSPS) is 17.6. The molecule has 0 unspecified atom stereocenters. The lowest BCUT2D eigenvalue weighted by atomic mass is 10.4. The van der Waals surface area contributed by atoms with E-state index in [9.17, 15) is 4.79 Å². The molecule has 3 heteroatoms. The Bertz CT molecular complexity index is 186. The first kappa shape index (κ1) is 6.99. The smallest absolute Gasteiger partial charge is 0.228 e. The Labute approximate surface area is 59.8 Å².